The highest BCUT2D eigenvalue weighted by atomic mass is 16.5. The molecule has 3 rings (SSSR count). The maximum absolute atomic E-state index is 11.9. The van der Waals surface area contributed by atoms with Crippen molar-refractivity contribution in [2.24, 2.45) is 0 Å². The van der Waals surface area contributed by atoms with E-state index in [1.165, 1.54) is 20.3 Å². The number of fused-ring (bicyclic) bond motifs is 3. The maximum atomic E-state index is 11.9. The number of hydrogen-bond donors (Lipinski definition) is 4. The number of ether oxygens (including phenoxy) is 2. The van der Waals surface area contributed by atoms with E-state index < -0.39 is 12.6 Å². The third-order valence-electron chi connectivity index (χ3n) is 4.76. The highest BCUT2D eigenvalue weighted by molar-refractivity contribution is 6.18. The van der Waals surface area contributed by atoms with Gasteiger partial charge in [0.2, 0.25) is 0 Å². The molecule has 0 heterocycles. The van der Waals surface area contributed by atoms with Crippen LogP contribution in [0.15, 0.2) is 24.3 Å². The molecule has 0 aliphatic carbocycles. The van der Waals surface area contributed by atoms with Crippen molar-refractivity contribution >= 4 is 27.5 Å². The summed E-state index contributed by atoms with van der Waals surface area (Å²) in [6.07, 6.45) is 0. The van der Waals surface area contributed by atoms with Gasteiger partial charge in [0, 0.05) is 16.5 Å². The predicted molar refractivity (Wildman–Crippen MR) is 99.3 cm³/mol. The summed E-state index contributed by atoms with van der Waals surface area (Å²) < 4.78 is 10.6. The molecule has 27 heavy (non-hydrogen) atoms. The Morgan fingerprint density at radius 3 is 2.04 bits per heavy atom. The van der Waals surface area contributed by atoms with Gasteiger partial charge in [-0.15, -0.1) is 0 Å². The van der Waals surface area contributed by atoms with Gasteiger partial charge in [-0.05, 0) is 46.0 Å². The van der Waals surface area contributed by atoms with Crippen LogP contribution in [0.4, 0.5) is 0 Å². The van der Waals surface area contributed by atoms with Crippen LogP contribution in [0.1, 0.15) is 27.0 Å². The number of rotatable bonds is 6. The Morgan fingerprint density at radius 2 is 1.52 bits per heavy atom. The third-order valence-corrected chi connectivity index (χ3v) is 4.76. The molecule has 0 aliphatic heterocycles. The van der Waals surface area contributed by atoms with Crippen LogP contribution in [0.5, 0.6) is 11.5 Å². The Bertz CT molecular complexity index is 1040. The van der Waals surface area contributed by atoms with E-state index in [1.807, 2.05) is 0 Å². The van der Waals surface area contributed by atoms with Gasteiger partial charge in [0.15, 0.2) is 0 Å². The lowest BCUT2D eigenvalue weighted by molar-refractivity contribution is 0.0699. The number of hydrogen-bond acceptors (Lipinski definition) is 6. The highest BCUT2D eigenvalue weighted by Gasteiger charge is 2.21. The van der Waals surface area contributed by atoms with Gasteiger partial charge >= 0.3 is 5.97 Å². The quantitative estimate of drug-likeness (QED) is 0.490. The minimum Gasteiger partial charge on any atom is -0.496 e. The lowest BCUT2D eigenvalue weighted by Crippen LogP contribution is -2.05. The van der Waals surface area contributed by atoms with Gasteiger partial charge in [0.1, 0.15) is 11.5 Å². The third kappa shape index (κ3) is 2.95. The van der Waals surface area contributed by atoms with E-state index in [4.69, 9.17) is 9.47 Å². The van der Waals surface area contributed by atoms with Gasteiger partial charge in [-0.3, -0.25) is 0 Å². The summed E-state index contributed by atoms with van der Waals surface area (Å²) in [5.74, 6) is -0.399. The molecule has 0 atom stereocenters. The molecule has 0 saturated heterocycles. The van der Waals surface area contributed by atoms with E-state index in [-0.39, 0.29) is 18.8 Å². The molecule has 4 N–H and O–H groups in total. The van der Waals surface area contributed by atoms with Crippen molar-refractivity contribution in [2.45, 2.75) is 19.8 Å². The fourth-order valence-corrected chi connectivity index (χ4v) is 3.50. The first-order chi connectivity index (χ1) is 13.0. The van der Waals surface area contributed by atoms with Crippen molar-refractivity contribution in [3.63, 3.8) is 0 Å². The summed E-state index contributed by atoms with van der Waals surface area (Å²) in [4.78, 5) is 11.9. The van der Waals surface area contributed by atoms with Gasteiger partial charge in [0.25, 0.3) is 0 Å². The van der Waals surface area contributed by atoms with Crippen molar-refractivity contribution in [3.05, 3.63) is 46.5 Å². The SMILES string of the molecule is COc1cc2cc(C(=O)O)c3cc(OC)c(CO)c(CO)c3c2cc1CO. The molecule has 0 amide bonds. The van der Waals surface area contributed by atoms with Crippen molar-refractivity contribution < 1.29 is 34.7 Å². The number of methoxy groups -OCH3 is 2. The second-order valence-corrected chi connectivity index (χ2v) is 6.05. The number of carboxylic acid groups (broad SMARTS) is 1. The Kier molecular flexibility index (Phi) is 5.18. The first-order valence-corrected chi connectivity index (χ1v) is 8.22. The first kappa shape index (κ1) is 18.9. The molecule has 0 aliphatic rings. The zero-order chi connectivity index (χ0) is 19.7. The van der Waals surface area contributed by atoms with Gasteiger partial charge in [-0.1, -0.05) is 0 Å². The monoisotopic (exact) mass is 372 g/mol. The highest BCUT2D eigenvalue weighted by Crippen LogP contribution is 2.40. The molecule has 142 valence electrons. The van der Waals surface area contributed by atoms with E-state index >= 15 is 0 Å². The minimum absolute atomic E-state index is 0.0359. The summed E-state index contributed by atoms with van der Waals surface area (Å²) in [5, 5.41) is 41.2. The first-order valence-electron chi connectivity index (χ1n) is 8.22. The molecule has 0 spiro atoms. The molecule has 7 nitrogen and oxygen atoms in total. The molecular weight excluding hydrogens is 352 g/mol. The van der Waals surface area contributed by atoms with E-state index in [0.717, 1.165) is 0 Å². The summed E-state index contributed by atoms with van der Waals surface area (Å²) >= 11 is 0. The molecule has 0 saturated carbocycles. The molecule has 0 unspecified atom stereocenters. The molecule has 0 fully saturated rings. The number of carboxylic acids is 1. The Labute approximate surface area is 155 Å². The normalized spacial score (nSPS) is 11.1. The zero-order valence-corrected chi connectivity index (χ0v) is 14.9. The van der Waals surface area contributed by atoms with Gasteiger partial charge in [0.05, 0.1) is 39.6 Å². The van der Waals surface area contributed by atoms with Crippen molar-refractivity contribution in [1.82, 2.24) is 0 Å². The van der Waals surface area contributed by atoms with E-state index in [2.05, 4.69) is 0 Å². The average Bonchev–Trinajstić information content (AvgIpc) is 2.69. The number of aliphatic hydroxyl groups excluding tert-OH is 3. The predicted octanol–water partition coefficient (Wildman–Crippen LogP) is 2.19. The fourth-order valence-electron chi connectivity index (χ4n) is 3.50. The molecule has 0 aromatic heterocycles. The molecule has 0 radical (unpaired) electrons. The summed E-state index contributed by atoms with van der Waals surface area (Å²) in [5.41, 5.74) is 1.33. The van der Waals surface area contributed by atoms with Crippen LogP contribution in [-0.4, -0.2) is 40.6 Å². The molecule has 7 heteroatoms. The second kappa shape index (κ2) is 7.40. The van der Waals surface area contributed by atoms with Crippen LogP contribution in [-0.2, 0) is 19.8 Å². The smallest absolute Gasteiger partial charge is 0.336 e. The fraction of sp³-hybridized carbons (Fsp3) is 0.250. The van der Waals surface area contributed by atoms with Crippen LogP contribution in [0.3, 0.4) is 0 Å². The maximum Gasteiger partial charge on any atom is 0.336 e. The van der Waals surface area contributed by atoms with Gasteiger partial charge < -0.3 is 29.9 Å². The van der Waals surface area contributed by atoms with E-state index in [9.17, 15) is 25.2 Å². The van der Waals surface area contributed by atoms with Crippen LogP contribution in [0.2, 0.25) is 0 Å². The van der Waals surface area contributed by atoms with Gasteiger partial charge in [-0.2, -0.15) is 0 Å². The van der Waals surface area contributed by atoms with E-state index in [0.29, 0.717) is 49.7 Å². The Balaban J connectivity index is 2.62. The molecular formula is C20H20O7. The summed E-state index contributed by atoms with van der Waals surface area (Å²) in [6, 6.07) is 6.42. The lowest BCUT2D eigenvalue weighted by Gasteiger charge is -2.18. The largest absolute Gasteiger partial charge is 0.496 e. The second-order valence-electron chi connectivity index (χ2n) is 6.05. The van der Waals surface area contributed by atoms with Crippen LogP contribution < -0.4 is 9.47 Å². The van der Waals surface area contributed by atoms with Crippen molar-refractivity contribution in [3.8, 4) is 11.5 Å². The average molecular weight is 372 g/mol. The zero-order valence-electron chi connectivity index (χ0n) is 14.9. The topological polar surface area (TPSA) is 116 Å². The van der Waals surface area contributed by atoms with Gasteiger partial charge in [-0.25, -0.2) is 4.79 Å². The summed E-state index contributed by atoms with van der Waals surface area (Å²) in [7, 11) is 2.88. The Morgan fingerprint density at radius 1 is 0.852 bits per heavy atom. The summed E-state index contributed by atoms with van der Waals surface area (Å²) in [6.45, 7) is -1.06. The lowest BCUT2D eigenvalue weighted by atomic mass is 9.90. The van der Waals surface area contributed by atoms with Crippen LogP contribution in [0.25, 0.3) is 21.5 Å². The van der Waals surface area contributed by atoms with E-state index in [1.54, 1.807) is 18.2 Å². The number of benzene rings is 3. The van der Waals surface area contributed by atoms with Crippen LogP contribution in [0, 0.1) is 0 Å². The van der Waals surface area contributed by atoms with Crippen molar-refractivity contribution in [1.29, 1.82) is 0 Å². The Hall–Kier alpha value is -2.87. The number of carbonyl (C=O) groups is 1. The molecule has 3 aromatic carbocycles. The number of aromatic carboxylic acids is 1. The molecule has 0 bridgehead atoms. The standard InChI is InChI=1S/C20H20O7/c1-26-17-5-10-3-14(20(24)25)13-6-18(27-2)15(8-22)16(9-23)19(13)12(10)4-11(17)7-21/h3-6,21-23H,7-9H2,1-2H3,(H,24,25). The molecule has 3 aromatic rings. The van der Waals surface area contributed by atoms with Crippen LogP contribution >= 0.6 is 0 Å². The van der Waals surface area contributed by atoms with Crippen molar-refractivity contribution in [2.75, 3.05) is 14.2 Å². The number of aliphatic hydroxyl groups is 3. The minimum atomic E-state index is -1.13.